The molecule has 0 N–H and O–H groups in total. The van der Waals surface area contributed by atoms with Gasteiger partial charge in [0.15, 0.2) is 16.3 Å². The summed E-state index contributed by atoms with van der Waals surface area (Å²) in [6.07, 6.45) is 7.19. The summed E-state index contributed by atoms with van der Waals surface area (Å²) in [5, 5.41) is 0. The van der Waals surface area contributed by atoms with Crippen LogP contribution >= 0.6 is 56.5 Å². The lowest BCUT2D eigenvalue weighted by molar-refractivity contribution is -0.138. The van der Waals surface area contributed by atoms with Crippen molar-refractivity contribution in [2.24, 2.45) is 4.99 Å². The molecule has 2 heterocycles. The Balaban J connectivity index is 1.79. The maximum absolute atomic E-state index is 14.2. The maximum atomic E-state index is 14.2. The van der Waals surface area contributed by atoms with Gasteiger partial charge in [0, 0.05) is 5.56 Å². The summed E-state index contributed by atoms with van der Waals surface area (Å²) in [7, 11) is 3.09. The van der Waals surface area contributed by atoms with Crippen LogP contribution < -0.4 is 29.1 Å². The van der Waals surface area contributed by atoms with Crippen LogP contribution in [0, 0.1) is 19.5 Å². The van der Waals surface area contributed by atoms with Crippen molar-refractivity contribution in [3.63, 3.8) is 0 Å². The Bertz CT molecular complexity index is 1970. The molecule has 0 saturated heterocycles. The van der Waals surface area contributed by atoms with Crippen LogP contribution in [-0.4, -0.2) is 38.0 Å². The first-order valence-electron chi connectivity index (χ1n) is 13.4. The average Bonchev–Trinajstić information content (AvgIpc) is 3.34. The quantitative estimate of drug-likeness (QED) is 0.132. The van der Waals surface area contributed by atoms with Crippen LogP contribution in [0.5, 0.6) is 17.2 Å². The number of terminal acetylenes is 1. The molecule has 3 aromatic carbocycles. The molecule has 0 aliphatic carbocycles. The Morgan fingerprint density at radius 1 is 1.07 bits per heavy atom. The lowest BCUT2D eigenvalue weighted by Crippen LogP contribution is -2.40. The highest BCUT2D eigenvalue weighted by Gasteiger charge is 2.35. The summed E-state index contributed by atoms with van der Waals surface area (Å²) >= 11 is 5.64. The molecule has 1 aliphatic heterocycles. The number of hydrogen-bond acceptors (Lipinski definition) is 8. The number of methoxy groups -OCH3 is 2. The lowest BCUT2D eigenvalue weighted by atomic mass is 9.93. The number of thiazole rings is 1. The smallest absolute Gasteiger partial charge is 0.338 e. The highest BCUT2D eigenvalue weighted by molar-refractivity contribution is 14.1. The molecule has 1 aromatic heterocycles. The number of esters is 1. The van der Waals surface area contributed by atoms with Crippen LogP contribution in [-0.2, 0) is 9.53 Å². The molecule has 4 aromatic rings. The molecule has 8 nitrogen and oxygen atoms in total. The van der Waals surface area contributed by atoms with E-state index in [0.29, 0.717) is 37.8 Å². The Morgan fingerprint density at radius 2 is 1.77 bits per heavy atom. The third-order valence-electron chi connectivity index (χ3n) is 6.72. The predicted octanol–water partition coefficient (Wildman–Crippen LogP) is 5.17. The third-order valence-corrected chi connectivity index (χ3v) is 9.30. The largest absolute Gasteiger partial charge is 0.493 e. The summed E-state index contributed by atoms with van der Waals surface area (Å²) < 4.78 is 26.0. The van der Waals surface area contributed by atoms with Crippen molar-refractivity contribution in [2.75, 3.05) is 27.4 Å². The van der Waals surface area contributed by atoms with Crippen molar-refractivity contribution in [3.8, 4) is 29.6 Å². The van der Waals surface area contributed by atoms with E-state index in [1.165, 1.54) is 18.4 Å². The van der Waals surface area contributed by atoms with Gasteiger partial charge in [-0.05, 0) is 93.6 Å². The number of halogens is 2. The molecule has 1 aliphatic rings. The first kappa shape index (κ1) is 31.8. The first-order chi connectivity index (χ1) is 21.3. The summed E-state index contributed by atoms with van der Waals surface area (Å²) in [6.45, 7) is 2.06. The molecule has 0 saturated carbocycles. The monoisotopic (exact) mass is 832 g/mol. The summed E-state index contributed by atoms with van der Waals surface area (Å²) in [5.41, 5.74) is 2.58. The van der Waals surface area contributed by atoms with E-state index in [-0.39, 0.29) is 24.3 Å². The third kappa shape index (κ3) is 6.29. The van der Waals surface area contributed by atoms with Crippen LogP contribution in [0.15, 0.2) is 76.0 Å². The predicted molar refractivity (Wildman–Crippen MR) is 187 cm³/mol. The molecule has 0 amide bonds. The van der Waals surface area contributed by atoms with E-state index in [1.54, 1.807) is 30.7 Å². The Kier molecular flexibility index (Phi) is 10.1. The zero-order chi connectivity index (χ0) is 31.4. The molecular formula is C33H26I2N2O6S. The molecule has 0 spiro atoms. The highest BCUT2D eigenvalue weighted by Crippen LogP contribution is 2.38. The second-order valence-electron chi connectivity index (χ2n) is 9.35. The fourth-order valence-corrected chi connectivity index (χ4v) is 7.97. The minimum absolute atomic E-state index is 0.159. The normalized spacial score (nSPS) is 14.4. The summed E-state index contributed by atoms with van der Waals surface area (Å²) in [4.78, 5) is 33.3. The van der Waals surface area contributed by atoms with Gasteiger partial charge in [-0.3, -0.25) is 9.36 Å². The number of carbonyl (C=O) groups excluding carboxylic acids is 1. The number of ether oxygens (including phenoxy) is 4. The van der Waals surface area contributed by atoms with Crippen LogP contribution in [0.25, 0.3) is 11.8 Å². The van der Waals surface area contributed by atoms with Gasteiger partial charge in [0.05, 0.1) is 49.8 Å². The number of aromatic nitrogens is 1. The zero-order valence-electron chi connectivity index (χ0n) is 23.9. The van der Waals surface area contributed by atoms with Gasteiger partial charge in [-0.1, -0.05) is 53.7 Å². The minimum atomic E-state index is -0.845. The molecule has 1 atom stereocenters. The van der Waals surface area contributed by atoms with E-state index >= 15 is 0 Å². The molecule has 0 fully saturated rings. The van der Waals surface area contributed by atoms with Gasteiger partial charge in [0.2, 0.25) is 0 Å². The van der Waals surface area contributed by atoms with Crippen LogP contribution in [0.2, 0.25) is 0 Å². The van der Waals surface area contributed by atoms with E-state index in [9.17, 15) is 9.59 Å². The molecule has 11 heteroatoms. The maximum Gasteiger partial charge on any atom is 0.338 e. The fourth-order valence-electron chi connectivity index (χ4n) is 4.84. The second-order valence-corrected chi connectivity index (χ2v) is 12.7. The minimum Gasteiger partial charge on any atom is -0.493 e. The van der Waals surface area contributed by atoms with E-state index in [2.05, 4.69) is 51.1 Å². The number of fused-ring (bicyclic) bond motifs is 1. The zero-order valence-corrected chi connectivity index (χ0v) is 29.1. The van der Waals surface area contributed by atoms with Crippen LogP contribution in [0.3, 0.4) is 0 Å². The number of hydrogen-bond donors (Lipinski definition) is 0. The number of carbonyl (C=O) groups is 1. The van der Waals surface area contributed by atoms with Gasteiger partial charge in [-0.25, -0.2) is 9.79 Å². The van der Waals surface area contributed by atoms with Crippen molar-refractivity contribution in [3.05, 3.63) is 110 Å². The molecule has 5 rings (SSSR count). The van der Waals surface area contributed by atoms with Crippen molar-refractivity contribution in [1.29, 1.82) is 0 Å². The second kappa shape index (κ2) is 14.0. The fraction of sp³-hybridized carbons (Fsp3) is 0.182. The van der Waals surface area contributed by atoms with Crippen molar-refractivity contribution >= 4 is 74.3 Å². The van der Waals surface area contributed by atoms with Gasteiger partial charge in [-0.15, -0.1) is 6.42 Å². The molecule has 0 bridgehead atoms. The Labute approximate surface area is 285 Å². The van der Waals surface area contributed by atoms with E-state index < -0.39 is 12.0 Å². The SMILES string of the molecule is C#CCOc1c(I)cc(/C=c2\sc3n(c2=O)[C@@H](c2ccc(OC)c(OC)c2)C(C(=O)OCC)=C(c2ccccc2)N=3)cc1I. The standard InChI is InChI=1S/C33H26I2N2O6S/c1-5-14-43-30-22(34)15-19(16-23(30)35)17-26-31(38)37-29(21-12-13-24(40-3)25(18-21)41-4)27(32(39)42-6-2)28(36-33(37)44-26)20-10-8-7-9-11-20/h1,7-13,15-18,29H,6,14H2,2-4H3/b26-17-/t29-/m0/s1. The Hall–Kier alpha value is -3.61. The Morgan fingerprint density at radius 3 is 2.41 bits per heavy atom. The van der Waals surface area contributed by atoms with Crippen molar-refractivity contribution in [1.82, 2.24) is 4.57 Å². The molecular weight excluding hydrogens is 806 g/mol. The summed E-state index contributed by atoms with van der Waals surface area (Å²) in [5.74, 6) is 3.61. The van der Waals surface area contributed by atoms with E-state index in [1.807, 2.05) is 54.6 Å². The molecule has 44 heavy (non-hydrogen) atoms. The topological polar surface area (TPSA) is 88.3 Å². The highest BCUT2D eigenvalue weighted by atomic mass is 127. The van der Waals surface area contributed by atoms with Crippen molar-refractivity contribution < 1.29 is 23.7 Å². The molecule has 224 valence electrons. The van der Waals surface area contributed by atoms with E-state index in [4.69, 9.17) is 30.4 Å². The van der Waals surface area contributed by atoms with Gasteiger partial charge in [0.25, 0.3) is 5.56 Å². The van der Waals surface area contributed by atoms with Crippen LogP contribution in [0.1, 0.15) is 29.7 Å². The van der Waals surface area contributed by atoms with Gasteiger partial charge in [-0.2, -0.15) is 0 Å². The van der Waals surface area contributed by atoms with Crippen LogP contribution in [0.4, 0.5) is 0 Å². The van der Waals surface area contributed by atoms with Crippen molar-refractivity contribution in [2.45, 2.75) is 13.0 Å². The van der Waals surface area contributed by atoms with Gasteiger partial charge in [0.1, 0.15) is 12.4 Å². The molecule has 0 radical (unpaired) electrons. The average molecular weight is 832 g/mol. The molecule has 0 unspecified atom stereocenters. The van der Waals surface area contributed by atoms with Gasteiger partial charge >= 0.3 is 5.97 Å². The van der Waals surface area contributed by atoms with Gasteiger partial charge < -0.3 is 18.9 Å². The summed E-state index contributed by atoms with van der Waals surface area (Å²) in [6, 6.07) is 17.8. The number of nitrogens with zero attached hydrogens (tertiary/aromatic N) is 2. The first-order valence-corrected chi connectivity index (χ1v) is 16.3. The number of benzene rings is 3. The number of rotatable bonds is 9. The van der Waals surface area contributed by atoms with E-state index in [0.717, 1.165) is 18.3 Å². The lowest BCUT2D eigenvalue weighted by Gasteiger charge is -2.26.